The molecule has 1 atom stereocenters. The molecule has 1 aliphatic rings. The van der Waals surface area contributed by atoms with Gasteiger partial charge in [0.2, 0.25) is 5.91 Å². The quantitative estimate of drug-likeness (QED) is 0.835. The van der Waals surface area contributed by atoms with Crippen molar-refractivity contribution in [3.05, 3.63) is 51.9 Å². The van der Waals surface area contributed by atoms with Gasteiger partial charge in [-0.05, 0) is 44.2 Å². The van der Waals surface area contributed by atoms with Gasteiger partial charge in [0.25, 0.3) is 5.91 Å². The van der Waals surface area contributed by atoms with E-state index in [2.05, 4.69) is 5.32 Å². The highest BCUT2D eigenvalue weighted by atomic mass is 35.5. The number of rotatable bonds is 4. The normalized spacial score (nSPS) is 16.2. The first kappa shape index (κ1) is 19.7. The number of nitrogens with zero attached hydrogens (tertiary/aromatic N) is 2. The highest BCUT2D eigenvalue weighted by molar-refractivity contribution is 6.36. The number of benzene rings is 1. The lowest BCUT2D eigenvalue weighted by atomic mass is 10.2. The van der Waals surface area contributed by atoms with Gasteiger partial charge in [-0.3, -0.25) is 14.5 Å². The molecule has 1 aromatic carbocycles. The number of piperazine rings is 1. The minimum Gasteiger partial charge on any atom is -0.456 e. The summed E-state index contributed by atoms with van der Waals surface area (Å²) >= 11 is 12.0. The molecule has 27 heavy (non-hydrogen) atoms. The van der Waals surface area contributed by atoms with Gasteiger partial charge < -0.3 is 14.6 Å². The zero-order valence-corrected chi connectivity index (χ0v) is 16.7. The molecule has 1 aliphatic heterocycles. The Hall–Kier alpha value is -2.02. The molecule has 8 heteroatoms. The molecular formula is C19H21Cl2N3O3. The van der Waals surface area contributed by atoms with Crippen LogP contribution in [-0.2, 0) is 4.79 Å². The van der Waals surface area contributed by atoms with Crippen LogP contribution in [0.4, 0.5) is 5.69 Å². The van der Waals surface area contributed by atoms with Crippen LogP contribution >= 0.6 is 23.2 Å². The van der Waals surface area contributed by atoms with Gasteiger partial charge in [0.15, 0.2) is 5.76 Å². The first-order chi connectivity index (χ1) is 12.8. The Morgan fingerprint density at radius 1 is 1.11 bits per heavy atom. The second-order valence-electron chi connectivity index (χ2n) is 6.53. The third-order valence-corrected chi connectivity index (χ3v) is 5.22. The van der Waals surface area contributed by atoms with Crippen LogP contribution in [0, 0.1) is 6.92 Å². The summed E-state index contributed by atoms with van der Waals surface area (Å²) in [5.74, 6) is 0.792. The fourth-order valence-corrected chi connectivity index (χ4v) is 3.47. The minimum atomic E-state index is -0.347. The fraction of sp³-hybridized carbons (Fsp3) is 0.368. The molecule has 1 aromatic heterocycles. The third-order valence-electron chi connectivity index (χ3n) is 4.67. The van der Waals surface area contributed by atoms with Gasteiger partial charge in [-0.1, -0.05) is 23.2 Å². The summed E-state index contributed by atoms with van der Waals surface area (Å²) in [6, 6.07) is 8.06. The smallest absolute Gasteiger partial charge is 0.289 e. The molecule has 1 unspecified atom stereocenters. The van der Waals surface area contributed by atoms with E-state index in [4.69, 9.17) is 27.6 Å². The molecule has 6 nitrogen and oxygen atoms in total. The first-order valence-corrected chi connectivity index (χ1v) is 9.46. The maximum atomic E-state index is 12.5. The van der Waals surface area contributed by atoms with Gasteiger partial charge in [-0.2, -0.15) is 0 Å². The summed E-state index contributed by atoms with van der Waals surface area (Å²) in [5.41, 5.74) is 0.528. The summed E-state index contributed by atoms with van der Waals surface area (Å²) < 4.78 is 5.41. The van der Waals surface area contributed by atoms with Crippen LogP contribution in [0.3, 0.4) is 0 Å². The average molecular weight is 410 g/mol. The third kappa shape index (κ3) is 4.64. The highest BCUT2D eigenvalue weighted by Crippen LogP contribution is 2.25. The number of nitrogens with one attached hydrogen (secondary N) is 1. The van der Waals surface area contributed by atoms with Crippen molar-refractivity contribution < 1.29 is 14.0 Å². The maximum Gasteiger partial charge on any atom is 0.289 e. The topological polar surface area (TPSA) is 65.8 Å². The van der Waals surface area contributed by atoms with Gasteiger partial charge >= 0.3 is 0 Å². The van der Waals surface area contributed by atoms with E-state index < -0.39 is 0 Å². The van der Waals surface area contributed by atoms with E-state index in [0.29, 0.717) is 53.4 Å². The second kappa shape index (κ2) is 8.33. The molecule has 2 heterocycles. The molecule has 0 bridgehead atoms. The number of carbonyl (C=O) groups excluding carboxylic acids is 2. The van der Waals surface area contributed by atoms with Crippen LogP contribution in [-0.4, -0.2) is 53.8 Å². The number of anilines is 1. The van der Waals surface area contributed by atoms with Gasteiger partial charge in [-0.25, -0.2) is 0 Å². The van der Waals surface area contributed by atoms with Crippen molar-refractivity contribution in [2.75, 3.05) is 31.5 Å². The zero-order valence-electron chi connectivity index (χ0n) is 15.2. The molecule has 2 aromatic rings. The number of hydrogen-bond donors (Lipinski definition) is 1. The lowest BCUT2D eigenvalue weighted by Crippen LogP contribution is -2.54. The van der Waals surface area contributed by atoms with Gasteiger partial charge in [0, 0.05) is 31.2 Å². The number of halogens is 2. The Balaban J connectivity index is 1.55. The summed E-state index contributed by atoms with van der Waals surface area (Å²) in [6.07, 6.45) is 0. The van der Waals surface area contributed by atoms with Crippen molar-refractivity contribution in [3.8, 4) is 0 Å². The van der Waals surface area contributed by atoms with Crippen LogP contribution in [0.25, 0.3) is 0 Å². The van der Waals surface area contributed by atoms with E-state index in [1.807, 2.05) is 18.7 Å². The Bertz CT molecular complexity index is 844. The maximum absolute atomic E-state index is 12.5. The van der Waals surface area contributed by atoms with E-state index >= 15 is 0 Å². The number of aryl methyl sites for hydroxylation is 1. The van der Waals surface area contributed by atoms with Crippen molar-refractivity contribution in [1.82, 2.24) is 9.80 Å². The minimum absolute atomic E-state index is 0.118. The summed E-state index contributed by atoms with van der Waals surface area (Å²) in [7, 11) is 0. The van der Waals surface area contributed by atoms with Gasteiger partial charge in [0.1, 0.15) is 5.76 Å². The summed E-state index contributed by atoms with van der Waals surface area (Å²) in [4.78, 5) is 28.8. The molecule has 144 valence electrons. The molecule has 0 radical (unpaired) electrons. The van der Waals surface area contributed by atoms with Crippen LogP contribution in [0.2, 0.25) is 10.0 Å². The Morgan fingerprint density at radius 2 is 1.81 bits per heavy atom. The van der Waals surface area contributed by atoms with E-state index in [0.717, 1.165) is 0 Å². The molecular weight excluding hydrogens is 389 g/mol. The van der Waals surface area contributed by atoms with Gasteiger partial charge in [-0.15, -0.1) is 0 Å². The second-order valence-corrected chi connectivity index (χ2v) is 7.37. The van der Waals surface area contributed by atoms with Crippen molar-refractivity contribution >= 4 is 40.7 Å². The lowest BCUT2D eigenvalue weighted by molar-refractivity contribution is -0.121. The van der Waals surface area contributed by atoms with E-state index in [-0.39, 0.29) is 17.9 Å². The van der Waals surface area contributed by atoms with Crippen molar-refractivity contribution in [1.29, 1.82) is 0 Å². The van der Waals surface area contributed by atoms with Crippen LogP contribution in [0.15, 0.2) is 34.7 Å². The van der Waals surface area contributed by atoms with E-state index in [1.165, 1.54) is 0 Å². The Kier molecular flexibility index (Phi) is 6.09. The lowest BCUT2D eigenvalue weighted by Gasteiger charge is -2.37. The van der Waals surface area contributed by atoms with Crippen molar-refractivity contribution in [2.24, 2.45) is 0 Å². The largest absolute Gasteiger partial charge is 0.456 e. The fourth-order valence-electron chi connectivity index (χ4n) is 3.01. The molecule has 1 saturated heterocycles. The number of carbonyl (C=O) groups is 2. The average Bonchev–Trinajstić information content (AvgIpc) is 3.09. The van der Waals surface area contributed by atoms with E-state index in [1.54, 1.807) is 35.2 Å². The van der Waals surface area contributed by atoms with E-state index in [9.17, 15) is 9.59 Å². The monoisotopic (exact) mass is 409 g/mol. The first-order valence-electron chi connectivity index (χ1n) is 8.71. The number of furan rings is 1. The molecule has 1 fully saturated rings. The van der Waals surface area contributed by atoms with Crippen molar-refractivity contribution in [2.45, 2.75) is 19.9 Å². The molecule has 3 rings (SSSR count). The Morgan fingerprint density at radius 3 is 2.41 bits per heavy atom. The summed E-state index contributed by atoms with van der Waals surface area (Å²) in [6.45, 7) is 5.94. The van der Waals surface area contributed by atoms with Crippen LogP contribution < -0.4 is 5.32 Å². The van der Waals surface area contributed by atoms with Crippen molar-refractivity contribution in [3.63, 3.8) is 0 Å². The van der Waals surface area contributed by atoms with Crippen LogP contribution in [0.5, 0.6) is 0 Å². The SMILES string of the molecule is Cc1ccc(C(=O)N2CCN(C(C)C(=O)Nc3ccc(Cl)cc3Cl)CC2)o1. The molecule has 0 spiro atoms. The van der Waals surface area contributed by atoms with Crippen LogP contribution in [0.1, 0.15) is 23.2 Å². The molecule has 0 saturated carbocycles. The number of hydrogen-bond acceptors (Lipinski definition) is 4. The molecule has 0 aliphatic carbocycles. The standard InChI is InChI=1S/C19H21Cl2N3O3/c1-12-3-6-17(27-12)19(26)24-9-7-23(8-10-24)13(2)18(25)22-16-5-4-14(20)11-15(16)21/h3-6,11,13H,7-10H2,1-2H3,(H,22,25). The predicted octanol–water partition coefficient (Wildman–Crippen LogP) is 3.68. The molecule has 1 N–H and O–H groups in total. The Labute approximate surface area is 168 Å². The zero-order chi connectivity index (χ0) is 19.6. The molecule has 2 amide bonds. The summed E-state index contributed by atoms with van der Waals surface area (Å²) in [5, 5.41) is 3.74. The highest BCUT2D eigenvalue weighted by Gasteiger charge is 2.29. The number of amides is 2. The van der Waals surface area contributed by atoms with Gasteiger partial charge in [0.05, 0.1) is 16.8 Å². The predicted molar refractivity (Wildman–Crippen MR) is 105 cm³/mol.